The van der Waals surface area contributed by atoms with E-state index in [1.165, 1.54) is 12.1 Å². The van der Waals surface area contributed by atoms with Crippen LogP contribution in [0, 0.1) is 6.92 Å². The van der Waals surface area contributed by atoms with Gasteiger partial charge in [-0.3, -0.25) is 4.79 Å². The Kier molecular flexibility index (Phi) is 4.24. The maximum Gasteiger partial charge on any atom is 0.197 e. The van der Waals surface area contributed by atoms with E-state index in [4.69, 9.17) is 4.42 Å². The van der Waals surface area contributed by atoms with E-state index in [-0.39, 0.29) is 27.9 Å². The molecule has 3 aromatic rings. The lowest BCUT2D eigenvalue weighted by molar-refractivity contribution is 0.369. The van der Waals surface area contributed by atoms with Gasteiger partial charge in [0.05, 0.1) is 5.56 Å². The van der Waals surface area contributed by atoms with Gasteiger partial charge in [-0.15, -0.1) is 0 Å². The highest BCUT2D eigenvalue weighted by Crippen LogP contribution is 2.40. The Hall–Kier alpha value is -3.05. The molecule has 0 fully saturated rings. The van der Waals surface area contributed by atoms with Gasteiger partial charge in [-0.25, -0.2) is 0 Å². The SMILES string of the molecule is Cc1ccc(-c2cc(=O)c3c(O)cc(O)c(C4=CCN(C)CC4)c3o2)cc1. The first-order chi connectivity index (χ1) is 12.9. The molecular weight excluding hydrogens is 342 g/mol. The second-order valence-electron chi connectivity index (χ2n) is 7.08. The van der Waals surface area contributed by atoms with E-state index in [0.717, 1.165) is 36.2 Å². The molecular formula is C22H21NO4. The average Bonchev–Trinajstić information content (AvgIpc) is 2.63. The minimum Gasteiger partial charge on any atom is -0.507 e. The van der Waals surface area contributed by atoms with Crippen molar-refractivity contribution in [2.75, 3.05) is 20.1 Å². The Bertz CT molecular complexity index is 1110. The molecule has 0 amide bonds. The van der Waals surface area contributed by atoms with Crippen LogP contribution in [0.5, 0.6) is 11.5 Å². The molecule has 2 aromatic carbocycles. The summed E-state index contributed by atoms with van der Waals surface area (Å²) >= 11 is 0. The fourth-order valence-corrected chi connectivity index (χ4v) is 3.47. The fraction of sp³-hybridized carbons (Fsp3) is 0.227. The number of aromatic hydroxyl groups is 2. The third-order valence-corrected chi connectivity index (χ3v) is 5.03. The minimum atomic E-state index is -0.334. The summed E-state index contributed by atoms with van der Waals surface area (Å²) in [7, 11) is 2.03. The number of phenols is 2. The molecule has 1 aromatic heterocycles. The molecule has 2 heterocycles. The smallest absolute Gasteiger partial charge is 0.197 e. The van der Waals surface area contributed by atoms with Crippen LogP contribution in [0.1, 0.15) is 17.5 Å². The van der Waals surface area contributed by atoms with E-state index in [9.17, 15) is 15.0 Å². The number of aryl methyl sites for hydroxylation is 1. The van der Waals surface area contributed by atoms with Gasteiger partial charge in [-0.05, 0) is 26.0 Å². The summed E-state index contributed by atoms with van der Waals surface area (Å²) in [5, 5.41) is 20.9. The number of rotatable bonds is 2. The van der Waals surface area contributed by atoms with Gasteiger partial charge in [0, 0.05) is 30.8 Å². The molecule has 5 nitrogen and oxygen atoms in total. The van der Waals surface area contributed by atoms with Crippen molar-refractivity contribution in [3.05, 3.63) is 63.8 Å². The molecule has 2 N–H and O–H groups in total. The zero-order valence-electron chi connectivity index (χ0n) is 15.3. The highest BCUT2D eigenvalue weighted by atomic mass is 16.3. The van der Waals surface area contributed by atoms with Crippen LogP contribution in [-0.2, 0) is 0 Å². The van der Waals surface area contributed by atoms with Crippen molar-refractivity contribution in [1.29, 1.82) is 0 Å². The Labute approximate surface area is 156 Å². The number of likely N-dealkylation sites (N-methyl/N-ethyl adjacent to an activating group) is 1. The second kappa shape index (κ2) is 6.59. The first-order valence-electron chi connectivity index (χ1n) is 8.92. The zero-order chi connectivity index (χ0) is 19.1. The standard InChI is InChI=1S/C22H21NO4/c1-13-3-5-14(6-4-13)19-12-18(26)21-17(25)11-16(24)20(22(21)27-19)15-7-9-23(2)10-8-15/h3-7,11-12,24-25H,8-10H2,1-2H3. The van der Waals surface area contributed by atoms with Crippen molar-refractivity contribution in [2.45, 2.75) is 13.3 Å². The molecule has 0 aliphatic carbocycles. The maximum atomic E-state index is 12.7. The van der Waals surface area contributed by atoms with Gasteiger partial charge < -0.3 is 19.5 Å². The molecule has 1 aliphatic rings. The maximum absolute atomic E-state index is 12.7. The van der Waals surface area contributed by atoms with Crippen molar-refractivity contribution < 1.29 is 14.6 Å². The molecule has 0 atom stereocenters. The molecule has 27 heavy (non-hydrogen) atoms. The summed E-state index contributed by atoms with van der Waals surface area (Å²) in [5.41, 5.74) is 3.17. The lowest BCUT2D eigenvalue weighted by Crippen LogP contribution is -2.23. The summed E-state index contributed by atoms with van der Waals surface area (Å²) in [6.45, 7) is 3.58. The summed E-state index contributed by atoms with van der Waals surface area (Å²) in [6, 6.07) is 10.3. The summed E-state index contributed by atoms with van der Waals surface area (Å²) in [4.78, 5) is 14.9. The largest absolute Gasteiger partial charge is 0.507 e. The van der Waals surface area contributed by atoms with Crippen molar-refractivity contribution in [3.63, 3.8) is 0 Å². The normalized spacial score (nSPS) is 15.1. The van der Waals surface area contributed by atoms with Crippen LogP contribution in [-0.4, -0.2) is 35.3 Å². The van der Waals surface area contributed by atoms with E-state index in [2.05, 4.69) is 4.90 Å². The van der Waals surface area contributed by atoms with Crippen LogP contribution >= 0.6 is 0 Å². The van der Waals surface area contributed by atoms with Crippen molar-refractivity contribution in [3.8, 4) is 22.8 Å². The third-order valence-electron chi connectivity index (χ3n) is 5.03. The average molecular weight is 363 g/mol. The first-order valence-corrected chi connectivity index (χ1v) is 8.92. The molecule has 0 saturated heterocycles. The first kappa shape index (κ1) is 17.4. The van der Waals surface area contributed by atoms with Gasteiger partial charge in [-0.2, -0.15) is 0 Å². The quantitative estimate of drug-likeness (QED) is 0.722. The zero-order valence-corrected chi connectivity index (χ0v) is 15.3. The predicted octanol–water partition coefficient (Wildman–Crippen LogP) is 3.90. The molecule has 0 spiro atoms. The van der Waals surface area contributed by atoms with E-state index < -0.39 is 0 Å². The van der Waals surface area contributed by atoms with E-state index in [0.29, 0.717) is 11.3 Å². The number of nitrogens with zero attached hydrogens (tertiary/aromatic N) is 1. The molecule has 1 aliphatic heterocycles. The Morgan fingerprint density at radius 1 is 1.07 bits per heavy atom. The van der Waals surface area contributed by atoms with Gasteiger partial charge in [0.15, 0.2) is 11.0 Å². The van der Waals surface area contributed by atoms with Crippen molar-refractivity contribution in [2.24, 2.45) is 0 Å². The van der Waals surface area contributed by atoms with Crippen LogP contribution in [0.4, 0.5) is 0 Å². The van der Waals surface area contributed by atoms with E-state index in [1.807, 2.05) is 44.3 Å². The third kappa shape index (κ3) is 3.11. The van der Waals surface area contributed by atoms with Gasteiger partial charge in [0.25, 0.3) is 0 Å². The van der Waals surface area contributed by atoms with E-state index in [1.54, 1.807) is 0 Å². The highest BCUT2D eigenvalue weighted by molar-refractivity contribution is 5.96. The molecule has 0 radical (unpaired) electrons. The number of benzene rings is 2. The van der Waals surface area contributed by atoms with Gasteiger partial charge in [0.1, 0.15) is 22.6 Å². The monoisotopic (exact) mass is 363 g/mol. The number of hydrogen-bond donors (Lipinski definition) is 2. The molecule has 0 bridgehead atoms. The lowest BCUT2D eigenvalue weighted by atomic mass is 9.95. The summed E-state index contributed by atoms with van der Waals surface area (Å²) in [6.07, 6.45) is 2.75. The van der Waals surface area contributed by atoms with Crippen LogP contribution < -0.4 is 5.43 Å². The fourth-order valence-electron chi connectivity index (χ4n) is 3.47. The minimum absolute atomic E-state index is 0.0833. The Morgan fingerprint density at radius 2 is 1.81 bits per heavy atom. The lowest BCUT2D eigenvalue weighted by Gasteiger charge is -2.23. The molecule has 0 saturated carbocycles. The van der Waals surface area contributed by atoms with Crippen LogP contribution in [0.2, 0.25) is 0 Å². The summed E-state index contributed by atoms with van der Waals surface area (Å²) < 4.78 is 6.07. The van der Waals surface area contributed by atoms with Gasteiger partial charge in [-0.1, -0.05) is 35.9 Å². The molecule has 138 valence electrons. The Balaban J connectivity index is 2.00. The highest BCUT2D eigenvalue weighted by Gasteiger charge is 2.22. The topological polar surface area (TPSA) is 73.9 Å². The van der Waals surface area contributed by atoms with Gasteiger partial charge in [0.2, 0.25) is 0 Å². The predicted molar refractivity (Wildman–Crippen MR) is 106 cm³/mol. The van der Waals surface area contributed by atoms with Crippen LogP contribution in [0.15, 0.2) is 51.7 Å². The van der Waals surface area contributed by atoms with Crippen LogP contribution in [0.3, 0.4) is 0 Å². The van der Waals surface area contributed by atoms with E-state index >= 15 is 0 Å². The Morgan fingerprint density at radius 3 is 2.48 bits per heavy atom. The van der Waals surface area contributed by atoms with Gasteiger partial charge >= 0.3 is 0 Å². The number of hydrogen-bond acceptors (Lipinski definition) is 5. The number of fused-ring (bicyclic) bond motifs is 1. The van der Waals surface area contributed by atoms with Crippen LogP contribution in [0.25, 0.3) is 27.9 Å². The summed E-state index contributed by atoms with van der Waals surface area (Å²) in [5.74, 6) is 0.0521. The number of phenolic OH excluding ortho intramolecular Hbond substituents is 2. The van der Waals surface area contributed by atoms with Crippen molar-refractivity contribution >= 4 is 16.5 Å². The molecule has 0 unspecified atom stereocenters. The molecule has 5 heteroatoms. The van der Waals surface area contributed by atoms with Crippen molar-refractivity contribution in [1.82, 2.24) is 4.90 Å². The molecule has 4 rings (SSSR count). The second-order valence-corrected chi connectivity index (χ2v) is 7.08.